The van der Waals surface area contributed by atoms with E-state index in [2.05, 4.69) is 10.3 Å². The zero-order chi connectivity index (χ0) is 18.5. The number of aromatic carboxylic acids is 1. The lowest BCUT2D eigenvalue weighted by atomic mass is 9.95. The number of hydrogen-bond acceptors (Lipinski definition) is 5. The fraction of sp³-hybridized carbons (Fsp3) is 0.474. The number of carboxylic acids is 1. The molecule has 1 aromatic carbocycles. The Balaban J connectivity index is 1.71. The van der Waals surface area contributed by atoms with Crippen molar-refractivity contribution in [2.45, 2.75) is 25.7 Å². The normalized spacial score (nSPS) is 17.2. The molecule has 1 aliphatic heterocycles. The molecule has 1 unspecified atom stereocenters. The second kappa shape index (κ2) is 8.56. The summed E-state index contributed by atoms with van der Waals surface area (Å²) in [6, 6.07) is 3.42. The van der Waals surface area contributed by atoms with Crippen LogP contribution in [-0.2, 0) is 0 Å². The molecule has 7 heteroatoms. The second-order valence-corrected chi connectivity index (χ2v) is 6.89. The van der Waals surface area contributed by atoms with Gasteiger partial charge in [0.2, 0.25) is 0 Å². The minimum absolute atomic E-state index is 0.0315. The molecule has 0 bridgehead atoms. The fourth-order valence-corrected chi connectivity index (χ4v) is 3.59. The van der Waals surface area contributed by atoms with Gasteiger partial charge in [0.15, 0.2) is 11.5 Å². The summed E-state index contributed by atoms with van der Waals surface area (Å²) < 4.78 is 11.3. The monoisotopic (exact) mass is 378 g/mol. The molecule has 6 nitrogen and oxygen atoms in total. The van der Waals surface area contributed by atoms with E-state index >= 15 is 0 Å². The number of fused-ring (bicyclic) bond motifs is 1. The summed E-state index contributed by atoms with van der Waals surface area (Å²) >= 11 is 6.21. The Morgan fingerprint density at radius 2 is 2.27 bits per heavy atom. The third kappa shape index (κ3) is 4.19. The van der Waals surface area contributed by atoms with Crippen LogP contribution in [0, 0.1) is 5.92 Å². The van der Waals surface area contributed by atoms with Crippen LogP contribution in [0.15, 0.2) is 18.3 Å². The molecular weight excluding hydrogens is 356 g/mol. The topological polar surface area (TPSA) is 80.7 Å². The number of piperidine rings is 1. The van der Waals surface area contributed by atoms with Gasteiger partial charge in [-0.3, -0.25) is 4.98 Å². The van der Waals surface area contributed by atoms with Crippen molar-refractivity contribution in [1.29, 1.82) is 0 Å². The van der Waals surface area contributed by atoms with E-state index in [0.29, 0.717) is 29.0 Å². The number of aromatic nitrogens is 1. The fourth-order valence-electron chi connectivity index (χ4n) is 3.31. The lowest BCUT2D eigenvalue weighted by Gasteiger charge is -2.22. The summed E-state index contributed by atoms with van der Waals surface area (Å²) in [7, 11) is 1.55. The summed E-state index contributed by atoms with van der Waals surface area (Å²) in [4.78, 5) is 15.4. The summed E-state index contributed by atoms with van der Waals surface area (Å²) in [5, 5.41) is 13.3. The number of carbonyl (C=O) groups is 1. The maximum absolute atomic E-state index is 11.2. The molecular formula is C19H23ClN2O4. The molecule has 0 spiro atoms. The van der Waals surface area contributed by atoms with Crippen LogP contribution in [0.4, 0.5) is 0 Å². The van der Waals surface area contributed by atoms with Gasteiger partial charge in [-0.05, 0) is 50.8 Å². The van der Waals surface area contributed by atoms with Gasteiger partial charge in [-0.25, -0.2) is 4.79 Å². The van der Waals surface area contributed by atoms with Crippen molar-refractivity contribution in [3.63, 3.8) is 0 Å². The van der Waals surface area contributed by atoms with E-state index in [4.69, 9.17) is 21.1 Å². The molecule has 0 radical (unpaired) electrons. The predicted octanol–water partition coefficient (Wildman–Crippen LogP) is 3.75. The molecule has 2 aromatic rings. The van der Waals surface area contributed by atoms with E-state index in [0.717, 1.165) is 31.8 Å². The lowest BCUT2D eigenvalue weighted by molar-refractivity contribution is 0.0697. The Hall–Kier alpha value is -2.05. The van der Waals surface area contributed by atoms with Crippen LogP contribution >= 0.6 is 11.6 Å². The summed E-state index contributed by atoms with van der Waals surface area (Å²) in [5.74, 6) is 0.721. The minimum atomic E-state index is -1.11. The van der Waals surface area contributed by atoms with Crippen molar-refractivity contribution >= 4 is 28.5 Å². The molecule has 1 atom stereocenters. The van der Waals surface area contributed by atoms with Gasteiger partial charge in [-0.1, -0.05) is 11.6 Å². The van der Waals surface area contributed by atoms with E-state index in [1.165, 1.54) is 19.0 Å². The van der Waals surface area contributed by atoms with E-state index in [1.807, 2.05) is 0 Å². The SMILES string of the molecule is COc1cc2c(Cl)c(C(=O)O)cnc2cc1OCCCC1CCCNC1. The Kier molecular flexibility index (Phi) is 6.16. The van der Waals surface area contributed by atoms with Crippen LogP contribution in [-0.4, -0.2) is 42.9 Å². The number of benzene rings is 1. The average molecular weight is 379 g/mol. The van der Waals surface area contributed by atoms with Gasteiger partial charge in [0, 0.05) is 17.6 Å². The average Bonchev–Trinajstić information content (AvgIpc) is 2.65. The molecule has 0 aliphatic carbocycles. The van der Waals surface area contributed by atoms with Crippen LogP contribution in [0.3, 0.4) is 0 Å². The van der Waals surface area contributed by atoms with Gasteiger partial charge in [-0.2, -0.15) is 0 Å². The van der Waals surface area contributed by atoms with Crippen LogP contribution in [0.5, 0.6) is 11.5 Å². The molecule has 140 valence electrons. The molecule has 2 N–H and O–H groups in total. The molecule has 1 aliphatic rings. The Labute approximate surface area is 157 Å². The van der Waals surface area contributed by atoms with Gasteiger partial charge in [-0.15, -0.1) is 0 Å². The Morgan fingerprint density at radius 1 is 1.42 bits per heavy atom. The van der Waals surface area contributed by atoms with E-state index < -0.39 is 5.97 Å². The minimum Gasteiger partial charge on any atom is -0.493 e. The van der Waals surface area contributed by atoms with Crippen LogP contribution in [0.2, 0.25) is 5.02 Å². The highest BCUT2D eigenvalue weighted by molar-refractivity contribution is 6.38. The maximum atomic E-state index is 11.2. The lowest BCUT2D eigenvalue weighted by Crippen LogP contribution is -2.29. The van der Waals surface area contributed by atoms with Crippen molar-refractivity contribution < 1.29 is 19.4 Å². The van der Waals surface area contributed by atoms with Crippen molar-refractivity contribution in [1.82, 2.24) is 10.3 Å². The highest BCUT2D eigenvalue weighted by atomic mass is 35.5. The van der Waals surface area contributed by atoms with Gasteiger partial charge in [0.1, 0.15) is 0 Å². The Bertz CT molecular complexity index is 791. The smallest absolute Gasteiger partial charge is 0.338 e. The summed E-state index contributed by atoms with van der Waals surface area (Å²) in [6.45, 7) is 2.81. The number of nitrogens with zero attached hydrogens (tertiary/aromatic N) is 1. The number of halogens is 1. The van der Waals surface area contributed by atoms with Crippen molar-refractivity contribution in [3.8, 4) is 11.5 Å². The van der Waals surface area contributed by atoms with Crippen LogP contribution in [0.25, 0.3) is 10.9 Å². The molecule has 2 heterocycles. The number of hydrogen-bond donors (Lipinski definition) is 2. The number of ether oxygens (including phenoxy) is 2. The van der Waals surface area contributed by atoms with Gasteiger partial charge < -0.3 is 19.9 Å². The van der Waals surface area contributed by atoms with Crippen LogP contribution < -0.4 is 14.8 Å². The first-order valence-corrected chi connectivity index (χ1v) is 9.21. The van der Waals surface area contributed by atoms with Gasteiger partial charge in [0.25, 0.3) is 0 Å². The van der Waals surface area contributed by atoms with Gasteiger partial charge in [0.05, 0.1) is 29.8 Å². The van der Waals surface area contributed by atoms with E-state index in [1.54, 1.807) is 19.2 Å². The molecule has 0 amide bonds. The largest absolute Gasteiger partial charge is 0.493 e. The third-order valence-electron chi connectivity index (χ3n) is 4.73. The first-order valence-electron chi connectivity index (χ1n) is 8.83. The quantitative estimate of drug-likeness (QED) is 0.714. The molecule has 0 saturated carbocycles. The van der Waals surface area contributed by atoms with E-state index in [-0.39, 0.29) is 10.6 Å². The van der Waals surface area contributed by atoms with Crippen LogP contribution in [0.1, 0.15) is 36.0 Å². The maximum Gasteiger partial charge on any atom is 0.338 e. The van der Waals surface area contributed by atoms with Crippen molar-refractivity contribution in [2.75, 3.05) is 26.8 Å². The molecule has 26 heavy (non-hydrogen) atoms. The van der Waals surface area contributed by atoms with Gasteiger partial charge >= 0.3 is 5.97 Å². The molecule has 1 aromatic heterocycles. The first kappa shape index (κ1) is 18.7. The molecule has 1 saturated heterocycles. The third-order valence-corrected chi connectivity index (χ3v) is 5.14. The summed E-state index contributed by atoms with van der Waals surface area (Å²) in [5.41, 5.74) is 0.545. The zero-order valence-electron chi connectivity index (χ0n) is 14.8. The highest BCUT2D eigenvalue weighted by Crippen LogP contribution is 2.36. The first-order chi connectivity index (χ1) is 12.6. The number of methoxy groups -OCH3 is 1. The molecule has 3 rings (SSSR count). The Morgan fingerprint density at radius 3 is 2.96 bits per heavy atom. The summed E-state index contributed by atoms with van der Waals surface area (Å²) in [6.07, 6.45) is 5.89. The predicted molar refractivity (Wildman–Crippen MR) is 101 cm³/mol. The number of pyridine rings is 1. The number of nitrogens with one attached hydrogen (secondary N) is 1. The van der Waals surface area contributed by atoms with Crippen molar-refractivity contribution in [2.24, 2.45) is 5.92 Å². The second-order valence-electron chi connectivity index (χ2n) is 6.51. The van der Waals surface area contributed by atoms with Crippen molar-refractivity contribution in [3.05, 3.63) is 28.9 Å². The number of rotatable bonds is 7. The standard InChI is InChI=1S/C19H23ClN2O4/c1-25-16-8-13-15(22-11-14(18(13)20)19(23)24)9-17(16)26-7-3-5-12-4-2-6-21-10-12/h8-9,11-12,21H,2-7,10H2,1H3,(H,23,24). The highest BCUT2D eigenvalue weighted by Gasteiger charge is 2.17. The zero-order valence-corrected chi connectivity index (χ0v) is 15.5. The molecule has 1 fully saturated rings. The van der Waals surface area contributed by atoms with E-state index in [9.17, 15) is 9.90 Å². The number of carboxylic acid groups (broad SMARTS) is 1.